The molecule has 208 valence electrons. The first-order chi connectivity index (χ1) is 18.7. The molecule has 0 saturated carbocycles. The average molecular weight is 538 g/mol. The number of aryl methyl sites for hydroxylation is 1. The molecule has 2 aromatic rings. The normalized spacial score (nSPS) is 19.1. The van der Waals surface area contributed by atoms with Crippen LogP contribution in [0.2, 0.25) is 0 Å². The molecule has 2 aliphatic heterocycles. The molecule has 11 nitrogen and oxygen atoms in total. The van der Waals surface area contributed by atoms with Crippen molar-refractivity contribution in [3.05, 3.63) is 53.6 Å². The highest BCUT2D eigenvalue weighted by atomic mass is 16.5. The van der Waals surface area contributed by atoms with Gasteiger partial charge in [-0.05, 0) is 49.1 Å². The summed E-state index contributed by atoms with van der Waals surface area (Å²) >= 11 is 0. The molecule has 2 saturated heterocycles. The van der Waals surface area contributed by atoms with E-state index in [4.69, 9.17) is 9.84 Å². The molecule has 0 radical (unpaired) electrons. The molecule has 0 spiro atoms. The highest BCUT2D eigenvalue weighted by molar-refractivity contribution is 6.01. The molecule has 2 heterocycles. The molecule has 2 aromatic carbocycles. The first kappa shape index (κ1) is 27.7. The Bertz CT molecular complexity index is 1240. The fourth-order valence-electron chi connectivity index (χ4n) is 4.93. The smallest absolute Gasteiger partial charge is 0.323 e. The number of likely N-dealkylation sites (tertiary alicyclic amines) is 2. The maximum atomic E-state index is 13.1. The molecule has 2 unspecified atom stereocenters. The molecule has 11 heteroatoms. The van der Waals surface area contributed by atoms with Gasteiger partial charge < -0.3 is 35.6 Å². The third kappa shape index (κ3) is 6.60. The minimum atomic E-state index is -0.828. The van der Waals surface area contributed by atoms with E-state index in [1.54, 1.807) is 28.0 Å². The number of rotatable bonds is 7. The van der Waals surface area contributed by atoms with Crippen LogP contribution < -0.4 is 20.7 Å². The van der Waals surface area contributed by atoms with Gasteiger partial charge in [0.05, 0.1) is 25.1 Å². The second-order valence-electron chi connectivity index (χ2n) is 10.1. The van der Waals surface area contributed by atoms with E-state index in [2.05, 4.69) is 16.0 Å². The van der Waals surface area contributed by atoms with Crippen LogP contribution in [0.15, 0.2) is 42.5 Å². The van der Waals surface area contributed by atoms with Crippen molar-refractivity contribution in [1.82, 2.24) is 15.1 Å². The summed E-state index contributed by atoms with van der Waals surface area (Å²) in [5.74, 6) is -0.863. The Morgan fingerprint density at radius 1 is 1.03 bits per heavy atom. The lowest BCUT2D eigenvalue weighted by Crippen LogP contribution is -2.67. The van der Waals surface area contributed by atoms with Crippen molar-refractivity contribution in [3.63, 3.8) is 0 Å². The topological polar surface area (TPSA) is 140 Å². The lowest BCUT2D eigenvalue weighted by Gasteiger charge is -2.47. The van der Waals surface area contributed by atoms with Crippen molar-refractivity contribution in [2.45, 2.75) is 39.3 Å². The second kappa shape index (κ2) is 12.1. The monoisotopic (exact) mass is 537 g/mol. The summed E-state index contributed by atoms with van der Waals surface area (Å²) in [4.78, 5) is 52.8. The first-order valence-corrected chi connectivity index (χ1v) is 13.0. The fraction of sp³-hybridized carbons (Fsp3) is 0.429. The summed E-state index contributed by atoms with van der Waals surface area (Å²) in [6, 6.07) is 11.9. The molecule has 2 atom stereocenters. The highest BCUT2D eigenvalue weighted by Gasteiger charge is 2.41. The summed E-state index contributed by atoms with van der Waals surface area (Å²) in [5.41, 5.74) is 2.81. The number of nitrogens with zero attached hydrogens (tertiary/aromatic N) is 2. The minimum Gasteiger partial charge on any atom is -0.495 e. The van der Waals surface area contributed by atoms with Crippen LogP contribution in [0.5, 0.6) is 5.75 Å². The van der Waals surface area contributed by atoms with Crippen molar-refractivity contribution in [3.8, 4) is 5.75 Å². The zero-order valence-corrected chi connectivity index (χ0v) is 22.4. The molecule has 0 aromatic heterocycles. The molecule has 2 fully saturated rings. The van der Waals surface area contributed by atoms with Crippen LogP contribution in [0.4, 0.5) is 21.0 Å². The lowest BCUT2D eigenvalue weighted by molar-refractivity contribution is -0.144. The number of carboxylic acids is 1. The van der Waals surface area contributed by atoms with Gasteiger partial charge in [-0.15, -0.1) is 0 Å². The number of carbonyl (C=O) groups excluding carboxylic acids is 3. The summed E-state index contributed by atoms with van der Waals surface area (Å²) in [7, 11) is 1.49. The number of hydrogen-bond acceptors (Lipinski definition) is 5. The number of anilines is 2. The number of aliphatic carboxylic acids is 1. The fourth-order valence-corrected chi connectivity index (χ4v) is 4.93. The molecule has 4 N–H and O–H groups in total. The molecular formula is C28H35N5O6. The Kier molecular flexibility index (Phi) is 8.58. The number of ether oxygens (including phenoxy) is 1. The van der Waals surface area contributed by atoms with Crippen LogP contribution in [0.1, 0.15) is 30.9 Å². The van der Waals surface area contributed by atoms with Crippen LogP contribution in [-0.4, -0.2) is 71.8 Å². The van der Waals surface area contributed by atoms with E-state index in [1.807, 2.05) is 38.1 Å². The number of hydrogen-bond donors (Lipinski definition) is 4. The number of carbonyl (C=O) groups is 4. The zero-order valence-electron chi connectivity index (χ0n) is 22.4. The van der Waals surface area contributed by atoms with Gasteiger partial charge in [-0.1, -0.05) is 31.2 Å². The number of para-hydroxylation sites is 1. The zero-order chi connectivity index (χ0) is 28.1. The number of methoxy groups -OCH3 is 1. The van der Waals surface area contributed by atoms with Crippen LogP contribution in [0.25, 0.3) is 0 Å². The number of amides is 5. The standard InChI is InChI=1S/C28H35N5O6/c1-17-6-4-5-7-21(17)29-27(37)30-22-9-8-19(14-23(22)39-3)15-24(34)33-16-18(2)25(33)31-28(38)32-12-10-20(11-13-32)26(35)36/h4-9,14,18,20,25H,10-13,15-16H2,1-3H3,(H,31,38)(H,35,36)(H2,29,30,37). The summed E-state index contributed by atoms with van der Waals surface area (Å²) in [6.45, 7) is 5.15. The Hall–Kier alpha value is -4.28. The quantitative estimate of drug-likeness (QED) is 0.426. The Balaban J connectivity index is 1.32. The van der Waals surface area contributed by atoms with Crippen LogP contribution in [0, 0.1) is 18.8 Å². The van der Waals surface area contributed by atoms with E-state index in [0.29, 0.717) is 55.2 Å². The highest BCUT2D eigenvalue weighted by Crippen LogP contribution is 2.29. The number of benzene rings is 2. The Morgan fingerprint density at radius 2 is 1.72 bits per heavy atom. The molecule has 39 heavy (non-hydrogen) atoms. The van der Waals surface area contributed by atoms with Gasteiger partial charge in [0.2, 0.25) is 5.91 Å². The number of piperidine rings is 1. The van der Waals surface area contributed by atoms with Gasteiger partial charge in [0.25, 0.3) is 0 Å². The molecule has 2 aliphatic rings. The maximum Gasteiger partial charge on any atom is 0.323 e. The summed E-state index contributed by atoms with van der Waals surface area (Å²) < 4.78 is 5.46. The van der Waals surface area contributed by atoms with Crippen LogP contribution >= 0.6 is 0 Å². The number of urea groups is 2. The molecule has 0 aliphatic carbocycles. The van der Waals surface area contributed by atoms with Crippen molar-refractivity contribution < 1.29 is 29.0 Å². The minimum absolute atomic E-state index is 0.0994. The third-order valence-corrected chi connectivity index (χ3v) is 7.35. The molecule has 5 amide bonds. The van der Waals surface area contributed by atoms with Gasteiger partial charge in [-0.2, -0.15) is 0 Å². The predicted octanol–water partition coefficient (Wildman–Crippen LogP) is 3.50. The summed E-state index contributed by atoms with van der Waals surface area (Å²) in [6.07, 6.45) is 0.530. The lowest BCUT2D eigenvalue weighted by atomic mass is 9.95. The Morgan fingerprint density at radius 3 is 2.36 bits per heavy atom. The van der Waals surface area contributed by atoms with E-state index in [0.717, 1.165) is 5.56 Å². The number of carboxylic acid groups (broad SMARTS) is 1. The maximum absolute atomic E-state index is 13.1. The van der Waals surface area contributed by atoms with Crippen LogP contribution in [0.3, 0.4) is 0 Å². The van der Waals surface area contributed by atoms with E-state index >= 15 is 0 Å². The van der Waals surface area contributed by atoms with E-state index in [1.165, 1.54) is 7.11 Å². The third-order valence-electron chi connectivity index (χ3n) is 7.35. The van der Waals surface area contributed by atoms with Gasteiger partial charge in [0.15, 0.2) is 0 Å². The average Bonchev–Trinajstić information content (AvgIpc) is 2.92. The van der Waals surface area contributed by atoms with Gasteiger partial charge >= 0.3 is 18.0 Å². The van der Waals surface area contributed by atoms with Gasteiger partial charge in [0.1, 0.15) is 11.9 Å². The van der Waals surface area contributed by atoms with Gasteiger partial charge in [-0.3, -0.25) is 9.59 Å². The van der Waals surface area contributed by atoms with Gasteiger partial charge in [-0.25, -0.2) is 9.59 Å². The molecular weight excluding hydrogens is 502 g/mol. The molecule has 4 rings (SSSR count). The Labute approximate surface area is 227 Å². The first-order valence-electron chi connectivity index (χ1n) is 13.0. The van der Waals surface area contributed by atoms with Crippen molar-refractivity contribution >= 4 is 35.3 Å². The SMILES string of the molecule is COc1cc(CC(=O)N2CC(C)C2NC(=O)N2CCC(C(=O)O)CC2)ccc1NC(=O)Nc1ccccc1C. The van der Waals surface area contributed by atoms with E-state index in [-0.39, 0.29) is 24.3 Å². The predicted molar refractivity (Wildman–Crippen MR) is 146 cm³/mol. The largest absolute Gasteiger partial charge is 0.495 e. The van der Waals surface area contributed by atoms with Crippen molar-refractivity contribution in [2.75, 3.05) is 37.4 Å². The molecule has 0 bridgehead atoms. The van der Waals surface area contributed by atoms with E-state index in [9.17, 15) is 19.2 Å². The van der Waals surface area contributed by atoms with E-state index < -0.39 is 24.1 Å². The van der Waals surface area contributed by atoms with Crippen molar-refractivity contribution in [2.24, 2.45) is 11.8 Å². The van der Waals surface area contributed by atoms with Gasteiger partial charge in [0, 0.05) is 31.2 Å². The van der Waals surface area contributed by atoms with Crippen LogP contribution in [-0.2, 0) is 16.0 Å². The van der Waals surface area contributed by atoms with Crippen molar-refractivity contribution in [1.29, 1.82) is 0 Å². The number of nitrogens with one attached hydrogen (secondary N) is 3. The second-order valence-corrected chi connectivity index (χ2v) is 10.1. The summed E-state index contributed by atoms with van der Waals surface area (Å²) in [5, 5.41) is 17.7.